The zero-order chi connectivity index (χ0) is 17.3. The SMILES string of the molecule is CC(=O)O[C@H]1Cc2ccccc2[C@@]1(OC(C)=O)c1cccc(Br)c1. The highest BCUT2D eigenvalue weighted by Gasteiger charge is 2.53. The molecule has 0 aromatic heterocycles. The maximum absolute atomic E-state index is 11.9. The monoisotopic (exact) mass is 388 g/mol. The van der Waals surface area contributed by atoms with Gasteiger partial charge in [0.2, 0.25) is 0 Å². The number of ether oxygens (including phenoxy) is 2. The van der Waals surface area contributed by atoms with Gasteiger partial charge in [0, 0.05) is 35.9 Å². The van der Waals surface area contributed by atoms with Crippen LogP contribution in [0.4, 0.5) is 0 Å². The van der Waals surface area contributed by atoms with E-state index in [-0.39, 0.29) is 0 Å². The highest BCUT2D eigenvalue weighted by molar-refractivity contribution is 9.10. The lowest BCUT2D eigenvalue weighted by atomic mass is 9.85. The second kappa shape index (κ2) is 6.40. The number of halogens is 1. The third kappa shape index (κ3) is 2.84. The van der Waals surface area contributed by atoms with Gasteiger partial charge in [-0.05, 0) is 17.7 Å². The van der Waals surface area contributed by atoms with E-state index in [0.29, 0.717) is 6.42 Å². The molecular formula is C19H17BrO4. The molecule has 1 aliphatic rings. The Hall–Kier alpha value is -2.14. The molecule has 3 rings (SSSR count). The molecule has 2 aromatic rings. The van der Waals surface area contributed by atoms with Gasteiger partial charge < -0.3 is 9.47 Å². The number of hydrogen-bond acceptors (Lipinski definition) is 4. The molecular weight excluding hydrogens is 372 g/mol. The first-order valence-electron chi connectivity index (χ1n) is 7.64. The molecule has 124 valence electrons. The van der Waals surface area contributed by atoms with Gasteiger partial charge in [0.05, 0.1) is 0 Å². The number of carbonyl (C=O) groups is 2. The third-order valence-corrected chi connectivity index (χ3v) is 4.64. The summed E-state index contributed by atoms with van der Waals surface area (Å²) in [4.78, 5) is 23.6. The summed E-state index contributed by atoms with van der Waals surface area (Å²) in [6.07, 6.45) is -0.110. The van der Waals surface area contributed by atoms with Gasteiger partial charge >= 0.3 is 11.9 Å². The van der Waals surface area contributed by atoms with Crippen molar-refractivity contribution < 1.29 is 19.1 Å². The van der Waals surface area contributed by atoms with Gasteiger partial charge in [-0.3, -0.25) is 9.59 Å². The Labute approximate surface area is 148 Å². The Morgan fingerprint density at radius 2 is 1.83 bits per heavy atom. The Balaban J connectivity index is 2.26. The first kappa shape index (κ1) is 16.7. The second-order valence-corrected chi connectivity index (χ2v) is 6.71. The van der Waals surface area contributed by atoms with Crippen molar-refractivity contribution >= 4 is 27.9 Å². The van der Waals surface area contributed by atoms with E-state index < -0.39 is 23.6 Å². The Kier molecular flexibility index (Phi) is 4.45. The second-order valence-electron chi connectivity index (χ2n) is 5.80. The van der Waals surface area contributed by atoms with Crippen molar-refractivity contribution in [1.29, 1.82) is 0 Å². The van der Waals surface area contributed by atoms with E-state index in [4.69, 9.17) is 9.47 Å². The van der Waals surface area contributed by atoms with Gasteiger partial charge in [-0.1, -0.05) is 52.3 Å². The van der Waals surface area contributed by atoms with Crippen molar-refractivity contribution in [2.75, 3.05) is 0 Å². The lowest BCUT2D eigenvalue weighted by Gasteiger charge is -2.35. The molecule has 0 unspecified atom stereocenters. The van der Waals surface area contributed by atoms with Crippen molar-refractivity contribution in [3.8, 4) is 0 Å². The van der Waals surface area contributed by atoms with Crippen molar-refractivity contribution in [1.82, 2.24) is 0 Å². The van der Waals surface area contributed by atoms with Crippen LogP contribution in [0, 0.1) is 0 Å². The first-order chi connectivity index (χ1) is 11.4. The van der Waals surface area contributed by atoms with Gasteiger partial charge in [0.25, 0.3) is 0 Å². The highest BCUT2D eigenvalue weighted by atomic mass is 79.9. The van der Waals surface area contributed by atoms with Crippen molar-refractivity contribution in [3.63, 3.8) is 0 Å². The fourth-order valence-corrected chi connectivity index (χ4v) is 3.77. The molecule has 0 saturated carbocycles. The van der Waals surface area contributed by atoms with E-state index in [1.54, 1.807) is 0 Å². The van der Waals surface area contributed by atoms with Gasteiger partial charge in [0.1, 0.15) is 0 Å². The number of esters is 2. The molecule has 2 atom stereocenters. The van der Waals surface area contributed by atoms with Gasteiger partial charge in [-0.2, -0.15) is 0 Å². The van der Waals surface area contributed by atoms with Crippen molar-refractivity contribution in [3.05, 3.63) is 69.7 Å². The molecule has 2 aromatic carbocycles. The van der Waals surface area contributed by atoms with Crippen LogP contribution in [0.15, 0.2) is 53.0 Å². The number of fused-ring (bicyclic) bond motifs is 1. The first-order valence-corrected chi connectivity index (χ1v) is 8.44. The molecule has 1 aliphatic carbocycles. The Morgan fingerprint density at radius 1 is 1.08 bits per heavy atom. The van der Waals surface area contributed by atoms with Crippen LogP contribution < -0.4 is 0 Å². The minimum Gasteiger partial charge on any atom is -0.457 e. The smallest absolute Gasteiger partial charge is 0.304 e. The molecule has 4 nitrogen and oxygen atoms in total. The topological polar surface area (TPSA) is 52.6 Å². The van der Waals surface area contributed by atoms with E-state index in [0.717, 1.165) is 21.2 Å². The minimum absolute atomic E-state index is 0.403. The predicted octanol–water partition coefficient (Wildman–Crippen LogP) is 3.74. The summed E-state index contributed by atoms with van der Waals surface area (Å²) in [6, 6.07) is 15.2. The van der Waals surface area contributed by atoms with Crippen LogP contribution in [-0.4, -0.2) is 18.0 Å². The van der Waals surface area contributed by atoms with Gasteiger partial charge in [-0.25, -0.2) is 0 Å². The average Bonchev–Trinajstić information content (AvgIpc) is 2.81. The largest absolute Gasteiger partial charge is 0.457 e. The molecule has 0 fully saturated rings. The van der Waals surface area contributed by atoms with Crippen LogP contribution in [0.5, 0.6) is 0 Å². The molecule has 0 amide bonds. The molecule has 0 heterocycles. The zero-order valence-electron chi connectivity index (χ0n) is 13.4. The minimum atomic E-state index is -1.14. The quantitative estimate of drug-likeness (QED) is 0.751. The Bertz CT molecular complexity index is 801. The van der Waals surface area contributed by atoms with E-state index >= 15 is 0 Å². The van der Waals surface area contributed by atoms with E-state index in [1.807, 2.05) is 48.5 Å². The highest BCUT2D eigenvalue weighted by Crippen LogP contribution is 2.47. The third-order valence-electron chi connectivity index (χ3n) is 4.14. The molecule has 0 radical (unpaired) electrons. The fourth-order valence-electron chi connectivity index (χ4n) is 3.37. The Morgan fingerprint density at radius 3 is 2.50 bits per heavy atom. The maximum Gasteiger partial charge on any atom is 0.304 e. The number of rotatable bonds is 3. The molecule has 0 bridgehead atoms. The molecule has 5 heteroatoms. The van der Waals surface area contributed by atoms with Gasteiger partial charge in [-0.15, -0.1) is 0 Å². The molecule has 0 saturated heterocycles. The average molecular weight is 389 g/mol. The van der Waals surface area contributed by atoms with E-state index in [1.165, 1.54) is 13.8 Å². The summed E-state index contributed by atoms with van der Waals surface area (Å²) in [5.74, 6) is -0.830. The maximum atomic E-state index is 11.9. The van der Waals surface area contributed by atoms with Crippen molar-refractivity contribution in [2.45, 2.75) is 32.0 Å². The van der Waals surface area contributed by atoms with E-state index in [2.05, 4.69) is 15.9 Å². The fraction of sp³-hybridized carbons (Fsp3) is 0.263. The van der Waals surface area contributed by atoms with Crippen LogP contribution in [0.1, 0.15) is 30.5 Å². The predicted molar refractivity (Wildman–Crippen MR) is 92.4 cm³/mol. The molecule has 24 heavy (non-hydrogen) atoms. The molecule has 0 N–H and O–H groups in total. The van der Waals surface area contributed by atoms with Crippen molar-refractivity contribution in [2.24, 2.45) is 0 Å². The molecule has 0 spiro atoms. The van der Waals surface area contributed by atoms with Crippen LogP contribution in [0.25, 0.3) is 0 Å². The van der Waals surface area contributed by atoms with Crippen LogP contribution in [0.3, 0.4) is 0 Å². The zero-order valence-corrected chi connectivity index (χ0v) is 15.0. The number of carbonyl (C=O) groups excluding carboxylic acids is 2. The van der Waals surface area contributed by atoms with Gasteiger partial charge in [0.15, 0.2) is 11.7 Å². The summed E-state index contributed by atoms with van der Waals surface area (Å²) >= 11 is 3.46. The molecule has 0 aliphatic heterocycles. The number of benzene rings is 2. The van der Waals surface area contributed by atoms with Crippen LogP contribution in [0.2, 0.25) is 0 Å². The van der Waals surface area contributed by atoms with Crippen LogP contribution in [-0.2, 0) is 31.1 Å². The summed E-state index contributed by atoms with van der Waals surface area (Å²) < 4.78 is 12.3. The lowest BCUT2D eigenvalue weighted by molar-refractivity contribution is -0.176. The normalized spacial score (nSPS) is 21.9. The summed E-state index contributed by atoms with van der Waals surface area (Å²) in [5, 5.41) is 0. The van der Waals surface area contributed by atoms with E-state index in [9.17, 15) is 9.59 Å². The summed E-state index contributed by atoms with van der Waals surface area (Å²) in [5.41, 5.74) is 1.48. The summed E-state index contributed by atoms with van der Waals surface area (Å²) in [7, 11) is 0. The van der Waals surface area contributed by atoms with Crippen LogP contribution >= 0.6 is 15.9 Å². The lowest BCUT2D eigenvalue weighted by Crippen LogP contribution is -2.43. The number of hydrogen-bond donors (Lipinski definition) is 0. The standard InChI is InChI=1S/C19H17BrO4/c1-12(21)23-18-10-14-6-3-4-9-17(14)19(18,24-13(2)22)15-7-5-8-16(20)11-15/h3-9,11,18H,10H2,1-2H3/t18-,19-/m0/s1. The summed E-state index contributed by atoms with van der Waals surface area (Å²) in [6.45, 7) is 2.73.